The standard InChI is InChI=1S/C20H20N4O3/c1-24-9-8-14-10-16(20(26)22-23-21)18(27-2)11-15(14)19(24)17(12-25)13-6-4-3-5-7-13/h3-7,10-12,17,19H,8-9H2,1-2H3. The largest absolute Gasteiger partial charge is 0.496 e. The molecule has 2 aromatic rings. The first-order valence-corrected chi connectivity index (χ1v) is 8.61. The maximum atomic E-state index is 12.1. The lowest BCUT2D eigenvalue weighted by Gasteiger charge is -2.38. The Morgan fingerprint density at radius 3 is 2.74 bits per heavy atom. The van der Waals surface area contributed by atoms with Crippen LogP contribution in [0.1, 0.15) is 39.0 Å². The Kier molecular flexibility index (Phi) is 5.54. The van der Waals surface area contributed by atoms with E-state index in [0.717, 1.165) is 35.9 Å². The maximum Gasteiger partial charge on any atom is 0.252 e. The zero-order valence-electron chi connectivity index (χ0n) is 15.2. The van der Waals surface area contributed by atoms with E-state index in [1.54, 1.807) is 12.1 Å². The molecule has 0 saturated carbocycles. The SMILES string of the molecule is COc1cc2c(cc1C(=O)N=[N+]=[N-])CCN(C)C2C(C=O)c1ccccc1. The summed E-state index contributed by atoms with van der Waals surface area (Å²) < 4.78 is 5.37. The van der Waals surface area contributed by atoms with Crippen LogP contribution in [-0.4, -0.2) is 37.8 Å². The van der Waals surface area contributed by atoms with Gasteiger partial charge in [0.25, 0.3) is 5.91 Å². The third-order valence-corrected chi connectivity index (χ3v) is 5.03. The monoisotopic (exact) mass is 364 g/mol. The van der Waals surface area contributed by atoms with E-state index in [4.69, 9.17) is 10.3 Å². The number of carbonyl (C=O) groups is 2. The topological polar surface area (TPSA) is 95.4 Å². The van der Waals surface area contributed by atoms with E-state index in [-0.39, 0.29) is 17.5 Å². The number of likely N-dealkylation sites (N-methyl/N-ethyl adjacent to an activating group) is 1. The molecule has 1 heterocycles. The van der Waals surface area contributed by atoms with Crippen LogP contribution < -0.4 is 4.74 Å². The van der Waals surface area contributed by atoms with Crippen molar-refractivity contribution >= 4 is 12.2 Å². The van der Waals surface area contributed by atoms with Gasteiger partial charge in [0.1, 0.15) is 12.0 Å². The van der Waals surface area contributed by atoms with Crippen LogP contribution >= 0.6 is 0 Å². The number of benzene rings is 2. The third kappa shape index (κ3) is 3.56. The van der Waals surface area contributed by atoms with Crippen molar-refractivity contribution in [3.8, 4) is 5.75 Å². The molecule has 7 heteroatoms. The van der Waals surface area contributed by atoms with Crippen LogP contribution in [0.2, 0.25) is 0 Å². The molecule has 0 aliphatic carbocycles. The first kappa shape index (κ1) is 18.6. The molecule has 7 nitrogen and oxygen atoms in total. The Morgan fingerprint density at radius 1 is 1.37 bits per heavy atom. The molecule has 1 aliphatic heterocycles. The van der Waals surface area contributed by atoms with E-state index < -0.39 is 5.91 Å². The molecule has 3 rings (SSSR count). The molecule has 2 aromatic carbocycles. The van der Waals surface area contributed by atoms with E-state index in [1.165, 1.54) is 7.11 Å². The van der Waals surface area contributed by atoms with Crippen LogP contribution in [0.15, 0.2) is 47.6 Å². The molecular formula is C20H20N4O3. The zero-order valence-corrected chi connectivity index (χ0v) is 15.2. The van der Waals surface area contributed by atoms with Gasteiger partial charge in [0.2, 0.25) is 0 Å². The number of azide groups is 1. The lowest BCUT2D eigenvalue weighted by atomic mass is 9.81. The number of aldehydes is 1. The van der Waals surface area contributed by atoms with Crippen LogP contribution in [0, 0.1) is 0 Å². The molecule has 0 radical (unpaired) electrons. The highest BCUT2D eigenvalue weighted by molar-refractivity contribution is 5.98. The summed E-state index contributed by atoms with van der Waals surface area (Å²) >= 11 is 0. The Bertz CT molecular complexity index is 907. The van der Waals surface area contributed by atoms with Gasteiger partial charge in [-0.3, -0.25) is 9.69 Å². The fourth-order valence-corrected chi connectivity index (χ4v) is 3.71. The predicted octanol–water partition coefficient (Wildman–Crippen LogP) is 3.66. The minimum atomic E-state index is -0.678. The molecule has 138 valence electrons. The highest BCUT2D eigenvalue weighted by Crippen LogP contribution is 2.41. The normalized spacial score (nSPS) is 17.3. The number of ether oxygens (including phenoxy) is 1. The van der Waals surface area contributed by atoms with Crippen LogP contribution in [-0.2, 0) is 11.2 Å². The van der Waals surface area contributed by atoms with Crippen molar-refractivity contribution in [2.45, 2.75) is 18.4 Å². The molecule has 0 bridgehead atoms. The number of fused-ring (bicyclic) bond motifs is 1. The molecule has 2 unspecified atom stereocenters. The van der Waals surface area contributed by atoms with E-state index >= 15 is 0 Å². The highest BCUT2D eigenvalue weighted by Gasteiger charge is 2.34. The summed E-state index contributed by atoms with van der Waals surface area (Å²) in [5.41, 5.74) is 11.6. The Labute approximate surface area is 157 Å². The smallest absolute Gasteiger partial charge is 0.252 e. The number of nitrogens with zero attached hydrogens (tertiary/aromatic N) is 4. The van der Waals surface area contributed by atoms with Gasteiger partial charge in [0.15, 0.2) is 0 Å². The number of carbonyl (C=O) groups excluding carboxylic acids is 2. The molecule has 0 N–H and O–H groups in total. The highest BCUT2D eigenvalue weighted by atomic mass is 16.5. The summed E-state index contributed by atoms with van der Waals surface area (Å²) in [6.07, 6.45) is 1.69. The fourth-order valence-electron chi connectivity index (χ4n) is 3.71. The van der Waals surface area contributed by atoms with Crippen molar-refractivity contribution in [1.82, 2.24) is 4.90 Å². The Hall–Kier alpha value is -3.15. The molecule has 0 saturated heterocycles. The van der Waals surface area contributed by atoms with Gasteiger partial charge in [-0.1, -0.05) is 30.3 Å². The summed E-state index contributed by atoms with van der Waals surface area (Å²) in [4.78, 5) is 28.8. The minimum absolute atomic E-state index is 0.175. The summed E-state index contributed by atoms with van der Waals surface area (Å²) in [6.45, 7) is 0.746. The van der Waals surface area contributed by atoms with Crippen molar-refractivity contribution in [1.29, 1.82) is 0 Å². The van der Waals surface area contributed by atoms with E-state index in [1.807, 2.05) is 37.4 Å². The number of methoxy groups -OCH3 is 1. The number of rotatable bonds is 5. The molecular weight excluding hydrogens is 344 g/mol. The van der Waals surface area contributed by atoms with Crippen LogP contribution in [0.5, 0.6) is 5.75 Å². The predicted molar refractivity (Wildman–Crippen MR) is 101 cm³/mol. The maximum absolute atomic E-state index is 12.1. The van der Waals surface area contributed by atoms with Crippen molar-refractivity contribution in [2.75, 3.05) is 20.7 Å². The molecule has 0 aromatic heterocycles. The van der Waals surface area contributed by atoms with Crippen LogP contribution in [0.3, 0.4) is 0 Å². The van der Waals surface area contributed by atoms with Crippen molar-refractivity contribution in [3.05, 3.63) is 75.2 Å². The molecule has 2 atom stereocenters. The average molecular weight is 364 g/mol. The van der Waals surface area contributed by atoms with Crippen LogP contribution in [0.25, 0.3) is 10.4 Å². The fraction of sp³-hybridized carbons (Fsp3) is 0.300. The average Bonchev–Trinajstić information content (AvgIpc) is 2.70. The minimum Gasteiger partial charge on any atom is -0.496 e. The number of amides is 1. The van der Waals surface area contributed by atoms with Gasteiger partial charge >= 0.3 is 0 Å². The second-order valence-corrected chi connectivity index (χ2v) is 6.49. The summed E-state index contributed by atoms with van der Waals surface area (Å²) in [5.74, 6) is -0.689. The van der Waals surface area contributed by atoms with Crippen molar-refractivity contribution < 1.29 is 14.3 Å². The van der Waals surface area contributed by atoms with Crippen LogP contribution in [0.4, 0.5) is 0 Å². The van der Waals surface area contributed by atoms with Gasteiger partial charge in [-0.05, 0) is 52.9 Å². The quantitative estimate of drug-likeness (QED) is 0.350. The number of hydrogen-bond donors (Lipinski definition) is 0. The molecule has 1 aliphatic rings. The van der Waals surface area contributed by atoms with Gasteiger partial charge in [-0.15, -0.1) is 0 Å². The molecule has 1 amide bonds. The number of hydrogen-bond acceptors (Lipinski definition) is 4. The third-order valence-electron chi connectivity index (χ3n) is 5.03. The summed E-state index contributed by atoms with van der Waals surface area (Å²) in [6, 6.07) is 13.0. The Morgan fingerprint density at radius 2 is 2.11 bits per heavy atom. The van der Waals surface area contributed by atoms with Gasteiger partial charge in [0.05, 0.1) is 18.6 Å². The second kappa shape index (κ2) is 8.03. The summed E-state index contributed by atoms with van der Waals surface area (Å²) in [5, 5.41) is 3.18. The first-order chi connectivity index (χ1) is 13.1. The van der Waals surface area contributed by atoms with Gasteiger partial charge < -0.3 is 9.53 Å². The summed E-state index contributed by atoms with van der Waals surface area (Å²) in [7, 11) is 3.45. The zero-order chi connectivity index (χ0) is 19.4. The van der Waals surface area contributed by atoms with Crippen molar-refractivity contribution in [2.24, 2.45) is 5.11 Å². The van der Waals surface area contributed by atoms with Crippen molar-refractivity contribution in [3.63, 3.8) is 0 Å². The van der Waals surface area contributed by atoms with Gasteiger partial charge in [0, 0.05) is 17.5 Å². The van der Waals surface area contributed by atoms with E-state index in [0.29, 0.717) is 5.75 Å². The molecule has 0 fully saturated rings. The molecule has 27 heavy (non-hydrogen) atoms. The lowest BCUT2D eigenvalue weighted by Crippen LogP contribution is -2.36. The second-order valence-electron chi connectivity index (χ2n) is 6.49. The Balaban J connectivity index is 2.13. The first-order valence-electron chi connectivity index (χ1n) is 8.61. The van der Waals surface area contributed by atoms with E-state index in [9.17, 15) is 9.59 Å². The van der Waals surface area contributed by atoms with E-state index in [2.05, 4.69) is 14.9 Å². The van der Waals surface area contributed by atoms with Gasteiger partial charge in [-0.2, -0.15) is 0 Å². The van der Waals surface area contributed by atoms with Gasteiger partial charge in [-0.25, -0.2) is 0 Å². The lowest BCUT2D eigenvalue weighted by molar-refractivity contribution is -0.110. The molecule has 0 spiro atoms.